The highest BCUT2D eigenvalue weighted by Gasteiger charge is 2.32. The molecule has 7 nitrogen and oxygen atoms in total. The summed E-state index contributed by atoms with van der Waals surface area (Å²) in [5.74, 6) is -0.549. The Hall–Kier alpha value is -3.79. The molecule has 10 heteroatoms. The average Bonchev–Trinajstić information content (AvgIpc) is 3.28. The number of carbonyl (C=O) groups is 1. The van der Waals surface area contributed by atoms with E-state index in [0.717, 1.165) is 54.7 Å². The van der Waals surface area contributed by atoms with Crippen molar-refractivity contribution in [3.8, 4) is 11.1 Å². The lowest BCUT2D eigenvalue weighted by Crippen LogP contribution is -2.29. The number of carbonyl (C=O) groups excluding carboxylic acids is 1. The molecule has 35 heavy (non-hydrogen) atoms. The normalized spacial score (nSPS) is 14.8. The van der Waals surface area contributed by atoms with Gasteiger partial charge in [0.1, 0.15) is 5.69 Å². The van der Waals surface area contributed by atoms with Gasteiger partial charge in [0.05, 0.1) is 17.4 Å². The molecular weight excluding hydrogens is 457 g/mol. The van der Waals surface area contributed by atoms with E-state index in [4.69, 9.17) is 0 Å². The number of pyridine rings is 2. The number of H-pyrrole nitrogens is 1. The third kappa shape index (κ3) is 5.17. The van der Waals surface area contributed by atoms with Crippen molar-refractivity contribution < 1.29 is 18.0 Å². The summed E-state index contributed by atoms with van der Waals surface area (Å²) in [5.41, 5.74) is 2.87. The molecule has 0 atom stereocenters. The number of halogens is 3. The minimum atomic E-state index is -4.54. The molecule has 3 aromatic heterocycles. The van der Waals surface area contributed by atoms with Gasteiger partial charge in [0.2, 0.25) is 0 Å². The van der Waals surface area contributed by atoms with E-state index in [1.165, 1.54) is 19.3 Å². The number of benzene rings is 1. The molecule has 5 rings (SSSR count). The number of hydrogen-bond donors (Lipinski definition) is 2. The van der Waals surface area contributed by atoms with Crippen LogP contribution in [0.25, 0.3) is 22.0 Å². The Labute approximate surface area is 199 Å². The second-order valence-corrected chi connectivity index (χ2v) is 8.64. The van der Waals surface area contributed by atoms with Gasteiger partial charge in [0, 0.05) is 29.9 Å². The van der Waals surface area contributed by atoms with E-state index in [9.17, 15) is 18.0 Å². The number of aromatic nitrogens is 4. The molecule has 180 valence electrons. The Bertz CT molecular complexity index is 1340. The van der Waals surface area contributed by atoms with Gasteiger partial charge >= 0.3 is 6.18 Å². The number of likely N-dealkylation sites (tertiary alicyclic amines) is 1. The fraction of sp³-hybridized carbons (Fsp3) is 0.280. The van der Waals surface area contributed by atoms with E-state index < -0.39 is 17.8 Å². The summed E-state index contributed by atoms with van der Waals surface area (Å²) < 4.78 is 38.2. The first-order valence-corrected chi connectivity index (χ1v) is 11.4. The van der Waals surface area contributed by atoms with E-state index in [-0.39, 0.29) is 11.4 Å². The quantitative estimate of drug-likeness (QED) is 0.406. The molecule has 0 bridgehead atoms. The maximum atomic E-state index is 12.8. The minimum absolute atomic E-state index is 0.138. The van der Waals surface area contributed by atoms with Crippen LogP contribution in [0.2, 0.25) is 0 Å². The van der Waals surface area contributed by atoms with Crippen LogP contribution < -0.4 is 5.32 Å². The second kappa shape index (κ2) is 9.46. The number of aromatic amines is 1. The minimum Gasteiger partial charge on any atom is -0.319 e. The molecule has 1 fully saturated rings. The lowest BCUT2D eigenvalue weighted by Gasteiger charge is -2.26. The fourth-order valence-corrected chi connectivity index (χ4v) is 4.30. The highest BCUT2D eigenvalue weighted by atomic mass is 19.4. The molecule has 2 N–H and O–H groups in total. The first kappa shape index (κ1) is 23.0. The van der Waals surface area contributed by atoms with Gasteiger partial charge in [-0.05, 0) is 67.4 Å². The van der Waals surface area contributed by atoms with Crippen molar-refractivity contribution in [2.45, 2.75) is 32.0 Å². The monoisotopic (exact) mass is 480 g/mol. The summed E-state index contributed by atoms with van der Waals surface area (Å²) in [5, 5.41) is 10.1. The Morgan fingerprint density at radius 3 is 2.57 bits per heavy atom. The lowest BCUT2D eigenvalue weighted by molar-refractivity contribution is -0.141. The molecule has 4 heterocycles. The predicted octanol–water partition coefficient (Wildman–Crippen LogP) is 5.28. The van der Waals surface area contributed by atoms with Crippen LogP contribution in [0.4, 0.5) is 18.9 Å². The van der Waals surface area contributed by atoms with Gasteiger partial charge in [-0.15, -0.1) is 0 Å². The standard InChI is InChI=1S/C25H23F3N6O/c26-25(27,28)22-7-5-19(14-30-22)31-24(35)23-20-11-17(4-6-21(20)32-33-23)18-10-16(12-29-13-18)15-34-8-2-1-3-9-34/h4-7,10-14H,1-3,8-9,15H2,(H,31,35)(H,32,33). The molecule has 4 aromatic rings. The van der Waals surface area contributed by atoms with Crippen molar-refractivity contribution in [3.05, 3.63) is 71.9 Å². The summed E-state index contributed by atoms with van der Waals surface area (Å²) in [6.45, 7) is 3.04. The number of amides is 1. The largest absolute Gasteiger partial charge is 0.433 e. The van der Waals surface area contributed by atoms with Crippen molar-refractivity contribution in [2.75, 3.05) is 18.4 Å². The molecule has 1 aromatic carbocycles. The van der Waals surface area contributed by atoms with Crippen molar-refractivity contribution in [1.82, 2.24) is 25.1 Å². The first-order valence-electron chi connectivity index (χ1n) is 11.4. The van der Waals surface area contributed by atoms with Crippen molar-refractivity contribution in [1.29, 1.82) is 0 Å². The van der Waals surface area contributed by atoms with Gasteiger partial charge in [-0.25, -0.2) is 4.98 Å². The van der Waals surface area contributed by atoms with E-state index in [1.54, 1.807) is 6.20 Å². The predicted molar refractivity (Wildman–Crippen MR) is 126 cm³/mol. The van der Waals surface area contributed by atoms with Gasteiger partial charge in [-0.2, -0.15) is 18.3 Å². The Balaban J connectivity index is 1.37. The van der Waals surface area contributed by atoms with Gasteiger partial charge in [-0.1, -0.05) is 12.5 Å². The van der Waals surface area contributed by atoms with Crippen LogP contribution in [-0.2, 0) is 12.7 Å². The zero-order chi connectivity index (χ0) is 24.4. The van der Waals surface area contributed by atoms with Crippen LogP contribution in [0.15, 0.2) is 55.0 Å². The van der Waals surface area contributed by atoms with Crippen LogP contribution in [0, 0.1) is 0 Å². The molecule has 1 aliphatic rings. The molecule has 0 saturated carbocycles. The number of alkyl halides is 3. The fourth-order valence-electron chi connectivity index (χ4n) is 4.30. The molecule has 1 saturated heterocycles. The first-order chi connectivity index (χ1) is 16.9. The zero-order valence-electron chi connectivity index (χ0n) is 18.8. The Morgan fingerprint density at radius 2 is 1.83 bits per heavy atom. The topological polar surface area (TPSA) is 86.8 Å². The third-order valence-electron chi connectivity index (χ3n) is 6.07. The van der Waals surface area contributed by atoms with Gasteiger partial charge in [0.25, 0.3) is 5.91 Å². The van der Waals surface area contributed by atoms with Crippen LogP contribution >= 0.6 is 0 Å². The van der Waals surface area contributed by atoms with Crippen LogP contribution in [-0.4, -0.2) is 44.1 Å². The Morgan fingerprint density at radius 1 is 1.00 bits per heavy atom. The van der Waals surface area contributed by atoms with Crippen molar-refractivity contribution in [2.24, 2.45) is 0 Å². The molecule has 0 radical (unpaired) electrons. The SMILES string of the molecule is O=C(Nc1ccc(C(F)(F)F)nc1)c1n[nH]c2ccc(-c3cncc(CN4CCCCC4)c3)cc12. The molecule has 1 aliphatic heterocycles. The summed E-state index contributed by atoms with van der Waals surface area (Å²) in [4.78, 5) is 23.1. The lowest BCUT2D eigenvalue weighted by atomic mass is 10.0. The van der Waals surface area contributed by atoms with Crippen molar-refractivity contribution >= 4 is 22.5 Å². The van der Waals surface area contributed by atoms with E-state index in [1.807, 2.05) is 24.4 Å². The van der Waals surface area contributed by atoms with Crippen LogP contribution in [0.1, 0.15) is 41.0 Å². The summed E-state index contributed by atoms with van der Waals surface area (Å²) in [6, 6.07) is 9.72. The number of rotatable bonds is 5. The van der Waals surface area contributed by atoms with E-state index in [0.29, 0.717) is 10.9 Å². The van der Waals surface area contributed by atoms with E-state index >= 15 is 0 Å². The van der Waals surface area contributed by atoms with Gasteiger partial charge in [-0.3, -0.25) is 19.8 Å². The van der Waals surface area contributed by atoms with Crippen LogP contribution in [0.5, 0.6) is 0 Å². The average molecular weight is 480 g/mol. The Kier molecular flexibility index (Phi) is 6.21. The van der Waals surface area contributed by atoms with Crippen molar-refractivity contribution in [3.63, 3.8) is 0 Å². The molecule has 0 aliphatic carbocycles. The zero-order valence-corrected chi connectivity index (χ0v) is 18.8. The number of hydrogen-bond acceptors (Lipinski definition) is 5. The molecule has 0 unspecified atom stereocenters. The maximum Gasteiger partial charge on any atom is 0.433 e. The maximum absolute atomic E-state index is 12.8. The number of fused-ring (bicyclic) bond motifs is 1. The number of anilines is 1. The van der Waals surface area contributed by atoms with Gasteiger partial charge in [0.15, 0.2) is 5.69 Å². The molecule has 0 spiro atoms. The number of nitrogens with zero attached hydrogens (tertiary/aromatic N) is 4. The highest BCUT2D eigenvalue weighted by Crippen LogP contribution is 2.29. The number of piperidine rings is 1. The van der Waals surface area contributed by atoms with E-state index in [2.05, 4.69) is 36.4 Å². The third-order valence-corrected chi connectivity index (χ3v) is 6.07. The summed E-state index contributed by atoms with van der Waals surface area (Å²) in [7, 11) is 0. The summed E-state index contributed by atoms with van der Waals surface area (Å²) >= 11 is 0. The van der Waals surface area contributed by atoms with Gasteiger partial charge < -0.3 is 5.32 Å². The van der Waals surface area contributed by atoms with Crippen LogP contribution in [0.3, 0.4) is 0 Å². The smallest absolute Gasteiger partial charge is 0.319 e. The number of nitrogens with one attached hydrogen (secondary N) is 2. The second-order valence-electron chi connectivity index (χ2n) is 8.64. The molecule has 1 amide bonds. The summed E-state index contributed by atoms with van der Waals surface area (Å²) in [6.07, 6.45) is 3.82. The molecular formula is C25H23F3N6O. The highest BCUT2D eigenvalue weighted by molar-refractivity contribution is 6.11.